The summed E-state index contributed by atoms with van der Waals surface area (Å²) in [7, 11) is 0. The fraction of sp³-hybridized carbons (Fsp3) is 0.200. The molecule has 0 aliphatic carbocycles. The molecule has 0 saturated carbocycles. The maximum absolute atomic E-state index is 13.3. The Morgan fingerprint density at radius 1 is 1.11 bits per heavy atom. The van der Waals surface area contributed by atoms with Gasteiger partial charge >= 0.3 is 6.09 Å². The van der Waals surface area contributed by atoms with Crippen molar-refractivity contribution in [1.82, 2.24) is 14.9 Å². The Kier molecular flexibility index (Phi) is 5.71. The van der Waals surface area contributed by atoms with Crippen molar-refractivity contribution in [3.05, 3.63) is 64.0 Å². The third kappa shape index (κ3) is 4.07. The van der Waals surface area contributed by atoms with Crippen molar-refractivity contribution in [2.24, 2.45) is 0 Å². The quantitative estimate of drug-likeness (QED) is 0.296. The van der Waals surface area contributed by atoms with E-state index in [0.29, 0.717) is 31.7 Å². The molecule has 176 valence electrons. The molecule has 1 N–H and O–H groups in total. The van der Waals surface area contributed by atoms with Gasteiger partial charge in [-0.25, -0.2) is 14.8 Å². The van der Waals surface area contributed by atoms with Crippen LogP contribution in [0.3, 0.4) is 0 Å². The van der Waals surface area contributed by atoms with Gasteiger partial charge in [-0.15, -0.1) is 34.0 Å². The lowest BCUT2D eigenvalue weighted by Gasteiger charge is -2.26. The maximum atomic E-state index is 13.3. The Morgan fingerprint density at radius 3 is 2.86 bits per heavy atom. The predicted molar refractivity (Wildman–Crippen MR) is 142 cm³/mol. The number of hydrogen-bond donors (Lipinski definition) is 1. The smallest absolute Gasteiger partial charge is 0.410 e. The number of thiazole rings is 2. The topological polar surface area (TPSA) is 84.4 Å². The molecule has 10 heteroatoms. The van der Waals surface area contributed by atoms with E-state index in [4.69, 9.17) is 9.72 Å². The summed E-state index contributed by atoms with van der Waals surface area (Å²) in [5.74, 6) is -0.177. The first-order valence-electron chi connectivity index (χ1n) is 11.2. The Bertz CT molecular complexity index is 1550. The number of para-hydroxylation sites is 1. The first kappa shape index (κ1) is 22.1. The number of anilines is 1. The van der Waals surface area contributed by atoms with Crippen LogP contribution in [0.2, 0.25) is 0 Å². The van der Waals surface area contributed by atoms with Gasteiger partial charge in [0.05, 0.1) is 39.1 Å². The van der Waals surface area contributed by atoms with Crippen molar-refractivity contribution >= 4 is 71.4 Å². The lowest BCUT2D eigenvalue weighted by Crippen LogP contribution is -2.35. The normalized spacial score (nSPS) is 13.2. The minimum atomic E-state index is -0.309. The number of amides is 2. The van der Waals surface area contributed by atoms with E-state index in [2.05, 4.69) is 16.4 Å². The summed E-state index contributed by atoms with van der Waals surface area (Å²) in [6.07, 6.45) is 0.370. The highest BCUT2D eigenvalue weighted by Crippen LogP contribution is 2.46. The summed E-state index contributed by atoms with van der Waals surface area (Å²) >= 11 is 4.64. The van der Waals surface area contributed by atoms with Gasteiger partial charge in [0, 0.05) is 22.5 Å². The molecule has 1 aliphatic rings. The molecule has 7 nitrogen and oxygen atoms in total. The molecule has 6 rings (SSSR count). The standard InChI is InChI=1S/C25H20N4O3S3/c1-2-32-25(31)29-10-9-15-20(12-29)35-24(21(15)23-27-17-5-3-4-6-18(17)34-23)28-22(30)14-7-8-16-19(11-14)33-13-26-16/h3-8,11,13H,2,9-10,12H2,1H3,(H,28,30). The van der Waals surface area contributed by atoms with E-state index in [1.165, 1.54) is 22.7 Å². The van der Waals surface area contributed by atoms with Crippen LogP contribution in [0.25, 0.3) is 31.0 Å². The van der Waals surface area contributed by atoms with Gasteiger partial charge in [-0.1, -0.05) is 12.1 Å². The highest BCUT2D eigenvalue weighted by Gasteiger charge is 2.30. The van der Waals surface area contributed by atoms with Gasteiger partial charge in [-0.05, 0) is 49.2 Å². The van der Waals surface area contributed by atoms with E-state index in [9.17, 15) is 9.59 Å². The molecule has 0 spiro atoms. The molecule has 0 radical (unpaired) electrons. The number of benzene rings is 2. The second-order valence-electron chi connectivity index (χ2n) is 8.05. The number of fused-ring (bicyclic) bond motifs is 3. The molecule has 5 aromatic rings. The van der Waals surface area contributed by atoms with Crippen molar-refractivity contribution in [2.45, 2.75) is 19.9 Å². The van der Waals surface area contributed by atoms with Crippen LogP contribution in [0.4, 0.5) is 9.80 Å². The van der Waals surface area contributed by atoms with E-state index in [1.54, 1.807) is 34.7 Å². The number of nitrogens with zero attached hydrogens (tertiary/aromatic N) is 3. The van der Waals surface area contributed by atoms with Crippen LogP contribution in [0.1, 0.15) is 27.7 Å². The molecule has 4 heterocycles. The second kappa shape index (κ2) is 9.03. The minimum absolute atomic E-state index is 0.177. The highest BCUT2D eigenvalue weighted by atomic mass is 32.1. The lowest BCUT2D eigenvalue weighted by molar-refractivity contribution is 0.102. The molecular weight excluding hydrogens is 501 g/mol. The Labute approximate surface area is 213 Å². The molecule has 0 atom stereocenters. The molecule has 1 aliphatic heterocycles. The number of aromatic nitrogens is 2. The van der Waals surface area contributed by atoms with Gasteiger partial charge in [-0.2, -0.15) is 0 Å². The maximum Gasteiger partial charge on any atom is 0.410 e. The number of ether oxygens (including phenoxy) is 1. The third-order valence-electron chi connectivity index (χ3n) is 5.91. The van der Waals surface area contributed by atoms with E-state index >= 15 is 0 Å². The summed E-state index contributed by atoms with van der Waals surface area (Å²) in [5, 5.41) is 4.78. The number of carbonyl (C=O) groups excluding carboxylic acids is 2. The number of rotatable bonds is 4. The summed E-state index contributed by atoms with van der Waals surface area (Å²) in [6.45, 7) is 3.17. The van der Waals surface area contributed by atoms with Crippen LogP contribution in [0.5, 0.6) is 0 Å². The second-order valence-corrected chi connectivity index (χ2v) is 11.1. The Balaban J connectivity index is 1.40. The van der Waals surface area contributed by atoms with Crippen molar-refractivity contribution in [1.29, 1.82) is 0 Å². The van der Waals surface area contributed by atoms with E-state index in [-0.39, 0.29) is 12.0 Å². The molecule has 2 amide bonds. The zero-order valence-corrected chi connectivity index (χ0v) is 21.2. The SMILES string of the molecule is CCOC(=O)N1CCc2c(sc(NC(=O)c3ccc4ncsc4c3)c2-c2nc3ccccc3s2)C1. The van der Waals surface area contributed by atoms with Crippen LogP contribution in [-0.4, -0.2) is 40.0 Å². The molecule has 3 aromatic heterocycles. The van der Waals surface area contributed by atoms with Crippen LogP contribution < -0.4 is 5.32 Å². The first-order chi connectivity index (χ1) is 17.1. The third-order valence-corrected chi connectivity index (χ3v) is 8.89. The van der Waals surface area contributed by atoms with E-state index < -0.39 is 0 Å². The van der Waals surface area contributed by atoms with Crippen molar-refractivity contribution in [3.63, 3.8) is 0 Å². The van der Waals surface area contributed by atoms with Gasteiger partial charge in [-0.3, -0.25) is 4.79 Å². The minimum Gasteiger partial charge on any atom is -0.450 e. The zero-order valence-electron chi connectivity index (χ0n) is 18.7. The molecule has 2 aromatic carbocycles. The number of nitrogens with one attached hydrogen (secondary N) is 1. The molecule has 35 heavy (non-hydrogen) atoms. The van der Waals surface area contributed by atoms with Crippen LogP contribution in [0.15, 0.2) is 48.0 Å². The Morgan fingerprint density at radius 2 is 2.00 bits per heavy atom. The van der Waals surface area contributed by atoms with E-state index in [1.807, 2.05) is 30.3 Å². The van der Waals surface area contributed by atoms with Gasteiger partial charge in [0.1, 0.15) is 10.0 Å². The molecule has 0 fully saturated rings. The van der Waals surface area contributed by atoms with Crippen LogP contribution in [-0.2, 0) is 17.7 Å². The van der Waals surface area contributed by atoms with Gasteiger partial charge < -0.3 is 15.0 Å². The molecule has 0 unspecified atom stereocenters. The van der Waals surface area contributed by atoms with Gasteiger partial charge in [0.2, 0.25) is 0 Å². The molecular formula is C25H20N4O3S3. The summed E-state index contributed by atoms with van der Waals surface area (Å²) in [5.41, 5.74) is 6.28. The van der Waals surface area contributed by atoms with Crippen molar-refractivity contribution in [3.8, 4) is 10.6 Å². The predicted octanol–water partition coefficient (Wildman–Crippen LogP) is 6.40. The fourth-order valence-corrected chi connectivity index (χ4v) is 7.32. The largest absolute Gasteiger partial charge is 0.450 e. The van der Waals surface area contributed by atoms with Crippen molar-refractivity contribution in [2.75, 3.05) is 18.5 Å². The average Bonchev–Trinajstić information content (AvgIpc) is 3.58. The lowest BCUT2D eigenvalue weighted by atomic mass is 10.0. The van der Waals surface area contributed by atoms with Crippen molar-refractivity contribution < 1.29 is 14.3 Å². The molecule has 0 saturated heterocycles. The summed E-state index contributed by atoms with van der Waals surface area (Å²) in [4.78, 5) is 37.6. The molecule has 0 bridgehead atoms. The van der Waals surface area contributed by atoms with Gasteiger partial charge in [0.25, 0.3) is 5.91 Å². The number of thiophene rings is 1. The average molecular weight is 521 g/mol. The monoisotopic (exact) mass is 520 g/mol. The Hall–Kier alpha value is -3.34. The van der Waals surface area contributed by atoms with E-state index in [0.717, 1.165) is 46.4 Å². The van der Waals surface area contributed by atoms with Gasteiger partial charge in [0.15, 0.2) is 0 Å². The number of hydrogen-bond acceptors (Lipinski definition) is 8. The first-order valence-corrected chi connectivity index (χ1v) is 13.7. The summed E-state index contributed by atoms with van der Waals surface area (Å²) in [6, 6.07) is 13.6. The number of carbonyl (C=O) groups is 2. The zero-order chi connectivity index (χ0) is 23.9. The fourth-order valence-electron chi connectivity index (χ4n) is 4.24. The van der Waals surface area contributed by atoms with Crippen LogP contribution >= 0.6 is 34.0 Å². The van der Waals surface area contributed by atoms with Crippen LogP contribution in [0, 0.1) is 0 Å². The highest BCUT2D eigenvalue weighted by molar-refractivity contribution is 7.23. The summed E-state index contributed by atoms with van der Waals surface area (Å²) < 4.78 is 7.28.